The van der Waals surface area contributed by atoms with Gasteiger partial charge in [-0.1, -0.05) is 0 Å². The van der Waals surface area contributed by atoms with Crippen LogP contribution in [0.2, 0.25) is 0 Å². The molecule has 1 atom stereocenters. The van der Waals surface area contributed by atoms with Gasteiger partial charge in [-0.05, 0) is 27.7 Å². The molecule has 2 rings (SSSR count). The van der Waals surface area contributed by atoms with Crippen molar-refractivity contribution < 1.29 is 4.74 Å². The molecule has 4 nitrogen and oxygen atoms in total. The van der Waals surface area contributed by atoms with Crippen LogP contribution >= 0.6 is 0 Å². The van der Waals surface area contributed by atoms with E-state index in [0.717, 1.165) is 25.5 Å². The first-order valence-electron chi connectivity index (χ1n) is 5.96. The van der Waals surface area contributed by atoms with E-state index in [1.165, 1.54) is 11.3 Å². The smallest absolute Gasteiger partial charge is 0.0665 e. The van der Waals surface area contributed by atoms with Crippen molar-refractivity contribution in [3.8, 4) is 0 Å². The first kappa shape index (κ1) is 11.6. The highest BCUT2D eigenvalue weighted by atomic mass is 16.5. The number of ether oxygens (including phenoxy) is 1. The molecule has 1 aromatic heterocycles. The van der Waals surface area contributed by atoms with E-state index >= 15 is 0 Å². The second kappa shape index (κ2) is 4.55. The van der Waals surface area contributed by atoms with E-state index in [1.54, 1.807) is 0 Å². The first-order chi connectivity index (χ1) is 7.61. The predicted octanol–water partition coefficient (Wildman–Crippen LogP) is 1.81. The van der Waals surface area contributed by atoms with Gasteiger partial charge in [0.2, 0.25) is 0 Å². The fourth-order valence-corrected chi connectivity index (χ4v) is 2.53. The van der Waals surface area contributed by atoms with Gasteiger partial charge in [0.15, 0.2) is 0 Å². The minimum Gasteiger partial charge on any atom is -0.378 e. The third kappa shape index (κ3) is 1.99. The summed E-state index contributed by atoms with van der Waals surface area (Å²) in [6, 6.07) is 0.898. The van der Waals surface area contributed by atoms with Crippen molar-refractivity contribution in [1.82, 2.24) is 15.1 Å². The Labute approximate surface area is 97.0 Å². The second-order valence-corrected chi connectivity index (χ2v) is 4.77. The lowest BCUT2D eigenvalue weighted by Crippen LogP contribution is -2.43. The molecule has 2 heterocycles. The molecule has 1 fully saturated rings. The van der Waals surface area contributed by atoms with E-state index in [0.29, 0.717) is 12.1 Å². The normalized spacial score (nSPS) is 22.9. The molecule has 4 heteroatoms. The van der Waals surface area contributed by atoms with Crippen LogP contribution < -0.4 is 0 Å². The zero-order chi connectivity index (χ0) is 11.7. The van der Waals surface area contributed by atoms with Crippen molar-refractivity contribution in [2.24, 2.45) is 0 Å². The molecule has 0 saturated carbocycles. The van der Waals surface area contributed by atoms with Gasteiger partial charge in [-0.25, -0.2) is 0 Å². The van der Waals surface area contributed by atoms with Crippen LogP contribution in [0.25, 0.3) is 0 Å². The fourth-order valence-electron chi connectivity index (χ4n) is 2.53. The SMILES string of the molecule is Cc1n[nH]c(C)c1[C@H]1COCCN1C(C)C. The molecule has 1 aromatic rings. The molecular weight excluding hydrogens is 202 g/mol. The molecule has 1 N–H and O–H groups in total. The Bertz CT molecular complexity index is 340. The third-order valence-electron chi connectivity index (χ3n) is 3.35. The third-order valence-corrected chi connectivity index (χ3v) is 3.35. The molecule has 1 saturated heterocycles. The van der Waals surface area contributed by atoms with Crippen LogP contribution in [0, 0.1) is 13.8 Å². The topological polar surface area (TPSA) is 41.1 Å². The van der Waals surface area contributed by atoms with Crippen molar-refractivity contribution in [3.05, 3.63) is 17.0 Å². The molecule has 0 aromatic carbocycles. The lowest BCUT2D eigenvalue weighted by Gasteiger charge is -2.38. The second-order valence-electron chi connectivity index (χ2n) is 4.77. The van der Waals surface area contributed by atoms with E-state index in [2.05, 4.69) is 42.8 Å². The van der Waals surface area contributed by atoms with E-state index in [1.807, 2.05) is 0 Å². The van der Waals surface area contributed by atoms with Gasteiger partial charge in [-0.2, -0.15) is 5.10 Å². The Kier molecular flexibility index (Phi) is 3.30. The minimum atomic E-state index is 0.354. The number of aryl methyl sites for hydroxylation is 2. The molecule has 0 spiro atoms. The van der Waals surface area contributed by atoms with Crippen molar-refractivity contribution in [2.75, 3.05) is 19.8 Å². The summed E-state index contributed by atoms with van der Waals surface area (Å²) in [5.41, 5.74) is 3.57. The largest absolute Gasteiger partial charge is 0.378 e. The van der Waals surface area contributed by atoms with Crippen LogP contribution in [0.4, 0.5) is 0 Å². The molecule has 1 aliphatic rings. The lowest BCUT2D eigenvalue weighted by molar-refractivity contribution is -0.0237. The number of hydrogen-bond donors (Lipinski definition) is 1. The number of aromatic nitrogens is 2. The zero-order valence-electron chi connectivity index (χ0n) is 10.6. The molecular formula is C12H21N3O. The summed E-state index contributed by atoms with van der Waals surface area (Å²) >= 11 is 0. The summed E-state index contributed by atoms with van der Waals surface area (Å²) in [6.45, 7) is 11.2. The summed E-state index contributed by atoms with van der Waals surface area (Å²) in [5, 5.41) is 7.34. The number of H-pyrrole nitrogens is 1. The summed E-state index contributed by atoms with van der Waals surface area (Å²) in [5.74, 6) is 0. The zero-order valence-corrected chi connectivity index (χ0v) is 10.6. The molecule has 0 aliphatic carbocycles. The maximum Gasteiger partial charge on any atom is 0.0665 e. The van der Waals surface area contributed by atoms with Crippen LogP contribution in [0.5, 0.6) is 0 Å². The van der Waals surface area contributed by atoms with Crippen molar-refractivity contribution in [3.63, 3.8) is 0 Å². The number of nitrogens with zero attached hydrogens (tertiary/aromatic N) is 2. The van der Waals surface area contributed by atoms with E-state index in [9.17, 15) is 0 Å². The first-order valence-corrected chi connectivity index (χ1v) is 5.96. The fraction of sp³-hybridized carbons (Fsp3) is 0.750. The Morgan fingerprint density at radius 2 is 2.19 bits per heavy atom. The molecule has 0 amide bonds. The molecule has 1 aliphatic heterocycles. The number of aromatic amines is 1. The Morgan fingerprint density at radius 3 is 2.75 bits per heavy atom. The van der Waals surface area contributed by atoms with Crippen molar-refractivity contribution in [1.29, 1.82) is 0 Å². The van der Waals surface area contributed by atoms with Crippen LogP contribution in [0.3, 0.4) is 0 Å². The van der Waals surface area contributed by atoms with E-state index in [4.69, 9.17) is 4.74 Å². The van der Waals surface area contributed by atoms with E-state index in [-0.39, 0.29) is 0 Å². The van der Waals surface area contributed by atoms with Gasteiger partial charge in [0.1, 0.15) is 0 Å². The van der Waals surface area contributed by atoms with Crippen LogP contribution in [-0.4, -0.2) is 40.9 Å². The maximum atomic E-state index is 5.61. The highest BCUT2D eigenvalue weighted by Crippen LogP contribution is 2.29. The number of hydrogen-bond acceptors (Lipinski definition) is 3. The average Bonchev–Trinajstić information content (AvgIpc) is 2.58. The van der Waals surface area contributed by atoms with Crippen LogP contribution in [-0.2, 0) is 4.74 Å². The van der Waals surface area contributed by atoms with Gasteiger partial charge in [-0.15, -0.1) is 0 Å². The summed E-state index contributed by atoms with van der Waals surface area (Å²) in [4.78, 5) is 2.49. The highest BCUT2D eigenvalue weighted by molar-refractivity contribution is 5.27. The number of nitrogens with one attached hydrogen (secondary N) is 1. The van der Waals surface area contributed by atoms with Gasteiger partial charge in [0.05, 0.1) is 24.9 Å². The van der Waals surface area contributed by atoms with Gasteiger partial charge in [0, 0.05) is 23.8 Å². The predicted molar refractivity (Wildman–Crippen MR) is 63.5 cm³/mol. The van der Waals surface area contributed by atoms with Gasteiger partial charge in [-0.3, -0.25) is 10.00 Å². The number of morpholine rings is 1. The monoisotopic (exact) mass is 223 g/mol. The maximum absolute atomic E-state index is 5.61. The Morgan fingerprint density at radius 1 is 1.44 bits per heavy atom. The Balaban J connectivity index is 2.30. The molecule has 16 heavy (non-hydrogen) atoms. The Hall–Kier alpha value is -0.870. The quantitative estimate of drug-likeness (QED) is 0.831. The highest BCUT2D eigenvalue weighted by Gasteiger charge is 2.29. The summed E-state index contributed by atoms with van der Waals surface area (Å²) in [6.07, 6.45) is 0. The van der Waals surface area contributed by atoms with Crippen molar-refractivity contribution in [2.45, 2.75) is 39.8 Å². The van der Waals surface area contributed by atoms with E-state index < -0.39 is 0 Å². The molecule has 0 radical (unpaired) electrons. The minimum absolute atomic E-state index is 0.354. The summed E-state index contributed by atoms with van der Waals surface area (Å²) < 4.78 is 5.61. The average molecular weight is 223 g/mol. The number of rotatable bonds is 2. The summed E-state index contributed by atoms with van der Waals surface area (Å²) in [7, 11) is 0. The van der Waals surface area contributed by atoms with Crippen molar-refractivity contribution >= 4 is 0 Å². The van der Waals surface area contributed by atoms with Gasteiger partial charge >= 0.3 is 0 Å². The lowest BCUT2D eigenvalue weighted by atomic mass is 10.0. The van der Waals surface area contributed by atoms with Crippen LogP contribution in [0.1, 0.15) is 36.8 Å². The standard InChI is InChI=1S/C12H21N3O/c1-8(2)15-5-6-16-7-11(15)12-9(3)13-14-10(12)4/h8,11H,5-7H2,1-4H3,(H,13,14)/t11-/m1/s1. The van der Waals surface area contributed by atoms with Gasteiger partial charge < -0.3 is 4.74 Å². The van der Waals surface area contributed by atoms with Gasteiger partial charge in [0.25, 0.3) is 0 Å². The molecule has 0 bridgehead atoms. The molecule has 0 unspecified atom stereocenters. The molecule has 90 valence electrons. The van der Waals surface area contributed by atoms with Crippen LogP contribution in [0.15, 0.2) is 0 Å².